The Morgan fingerprint density at radius 2 is 2.03 bits per heavy atom. The van der Waals surface area contributed by atoms with Gasteiger partial charge in [0.05, 0.1) is 17.6 Å². The number of amides is 2. The molecule has 0 bridgehead atoms. The Morgan fingerprint density at radius 1 is 1.29 bits per heavy atom. The van der Waals surface area contributed by atoms with Gasteiger partial charge in [-0.25, -0.2) is 9.97 Å². The van der Waals surface area contributed by atoms with E-state index in [4.69, 9.17) is 4.98 Å². The molecule has 31 heavy (non-hydrogen) atoms. The second-order valence-electron chi connectivity index (χ2n) is 7.93. The summed E-state index contributed by atoms with van der Waals surface area (Å²) in [4.78, 5) is 40.2. The van der Waals surface area contributed by atoms with Gasteiger partial charge in [-0.2, -0.15) is 0 Å². The molecule has 162 valence electrons. The van der Waals surface area contributed by atoms with Crippen LogP contribution >= 0.6 is 0 Å². The molecular weight excluding hydrogens is 392 g/mol. The highest BCUT2D eigenvalue weighted by molar-refractivity contribution is 6.01. The topological polar surface area (TPSA) is 94.2 Å². The number of piperazine rings is 1. The number of hydrogen-bond donors (Lipinski definition) is 2. The first-order valence-electron chi connectivity index (χ1n) is 10.3. The van der Waals surface area contributed by atoms with Crippen molar-refractivity contribution < 1.29 is 11.0 Å². The van der Waals surface area contributed by atoms with Gasteiger partial charge in [0, 0.05) is 50.7 Å². The molecule has 1 fully saturated rings. The number of fused-ring (bicyclic) bond motifs is 1. The number of nitrogens with zero attached hydrogens (tertiary/aromatic N) is 4. The zero-order chi connectivity index (χ0) is 22.1. The molecule has 0 aromatic carbocycles. The van der Waals surface area contributed by atoms with E-state index in [1.54, 1.807) is 13.1 Å². The minimum absolute atomic E-state index is 0. The van der Waals surface area contributed by atoms with Crippen molar-refractivity contribution in [3.63, 3.8) is 0 Å². The molecule has 0 unspecified atom stereocenters. The van der Waals surface area contributed by atoms with Crippen molar-refractivity contribution in [2.24, 2.45) is 0 Å². The summed E-state index contributed by atoms with van der Waals surface area (Å²) >= 11 is 0. The molecule has 1 aliphatic rings. The fraction of sp³-hybridized carbons (Fsp3) is 0.304. The lowest BCUT2D eigenvalue weighted by Gasteiger charge is -2.44. The smallest absolute Gasteiger partial charge is 0.247 e. The number of anilines is 2. The van der Waals surface area contributed by atoms with E-state index in [-0.39, 0.29) is 25.3 Å². The number of hydrogen-bond acceptors (Lipinski definition) is 5. The van der Waals surface area contributed by atoms with E-state index in [9.17, 15) is 9.59 Å². The van der Waals surface area contributed by atoms with Crippen LogP contribution < -0.4 is 10.2 Å². The van der Waals surface area contributed by atoms with Crippen LogP contribution in [0.3, 0.4) is 0 Å². The summed E-state index contributed by atoms with van der Waals surface area (Å²) in [5, 5.41) is 3.61. The predicted octanol–water partition coefficient (Wildman–Crippen LogP) is 3.44. The Kier molecular flexibility index (Phi) is 5.46. The van der Waals surface area contributed by atoms with E-state index in [0.29, 0.717) is 5.69 Å². The lowest BCUT2D eigenvalue weighted by Crippen LogP contribution is -2.58. The van der Waals surface area contributed by atoms with Crippen LogP contribution in [0.15, 0.2) is 49.3 Å². The van der Waals surface area contributed by atoms with Gasteiger partial charge in [-0.3, -0.25) is 9.59 Å². The molecule has 0 saturated carbocycles. The fourth-order valence-corrected chi connectivity index (χ4v) is 4.36. The van der Waals surface area contributed by atoms with Crippen LogP contribution in [0.1, 0.15) is 22.2 Å². The lowest BCUT2D eigenvalue weighted by molar-refractivity contribution is -0.133. The van der Waals surface area contributed by atoms with Crippen molar-refractivity contribution in [3.8, 4) is 11.3 Å². The highest BCUT2D eigenvalue weighted by atomic mass is 16.2. The monoisotopic (exact) mass is 420 g/mol. The number of pyridine rings is 2. The van der Waals surface area contributed by atoms with Gasteiger partial charge in [0.15, 0.2) is 0 Å². The standard InChI is InChI=1S/C23H26N6O2.H2/c1-5-22(31)26-17-9-18-19(11-25-23(18)24-10-17)20-7-6-8-21(27-20)28-12-14(2)29(16(4)30)15(3)13-28;/h5-11,14-15H,1,12-13H2,2-4H3,(H,24,25)(H,26,31);1H/t14-,15+;. The van der Waals surface area contributed by atoms with E-state index in [1.807, 2.05) is 35.4 Å². The van der Waals surface area contributed by atoms with Crippen molar-refractivity contribution in [1.82, 2.24) is 19.9 Å². The molecule has 2 atom stereocenters. The van der Waals surface area contributed by atoms with Gasteiger partial charge in [-0.15, -0.1) is 0 Å². The maximum atomic E-state index is 12.0. The quantitative estimate of drug-likeness (QED) is 0.631. The summed E-state index contributed by atoms with van der Waals surface area (Å²) in [5.74, 6) is 0.691. The normalized spacial score (nSPS) is 18.8. The second kappa shape index (κ2) is 8.22. The van der Waals surface area contributed by atoms with Crippen molar-refractivity contribution in [2.75, 3.05) is 23.3 Å². The van der Waals surface area contributed by atoms with Crippen molar-refractivity contribution >= 4 is 34.4 Å². The number of H-pyrrole nitrogens is 1. The molecule has 1 aliphatic heterocycles. The Labute approximate surface area is 182 Å². The molecule has 2 amide bonds. The maximum Gasteiger partial charge on any atom is 0.247 e. The predicted molar refractivity (Wildman–Crippen MR) is 124 cm³/mol. The Hall–Kier alpha value is -3.68. The average Bonchev–Trinajstić information content (AvgIpc) is 3.16. The largest absolute Gasteiger partial charge is 0.352 e. The van der Waals surface area contributed by atoms with Crippen LogP contribution in [0.5, 0.6) is 0 Å². The molecule has 8 nitrogen and oxygen atoms in total. The summed E-state index contributed by atoms with van der Waals surface area (Å²) in [5.41, 5.74) is 3.03. The number of aromatic amines is 1. The summed E-state index contributed by atoms with van der Waals surface area (Å²) in [6.07, 6.45) is 4.70. The SMILES string of the molecule is C=CC(=O)Nc1cnc2[nH]cc(-c3cccc(N4C[C@@H](C)N(C(C)=O)[C@@H](C)C4)n3)c2c1.[HH]. The van der Waals surface area contributed by atoms with Gasteiger partial charge < -0.3 is 20.1 Å². The van der Waals surface area contributed by atoms with Crippen molar-refractivity contribution in [2.45, 2.75) is 32.9 Å². The average molecular weight is 421 g/mol. The first-order valence-corrected chi connectivity index (χ1v) is 10.3. The van der Waals surface area contributed by atoms with Gasteiger partial charge in [0.25, 0.3) is 0 Å². The molecule has 4 rings (SSSR count). The minimum atomic E-state index is -0.286. The van der Waals surface area contributed by atoms with Crippen LogP contribution in [0.25, 0.3) is 22.3 Å². The molecule has 3 aromatic rings. The molecule has 2 N–H and O–H groups in total. The molecule has 8 heteroatoms. The van der Waals surface area contributed by atoms with E-state index in [2.05, 4.69) is 40.6 Å². The van der Waals surface area contributed by atoms with Crippen LogP contribution in [-0.4, -0.2) is 56.8 Å². The zero-order valence-electron chi connectivity index (χ0n) is 17.9. The van der Waals surface area contributed by atoms with Crippen LogP contribution in [0, 0.1) is 0 Å². The number of rotatable bonds is 4. The number of carbonyl (C=O) groups excluding carboxylic acids is 2. The molecule has 4 heterocycles. The van der Waals surface area contributed by atoms with Crippen LogP contribution in [0.2, 0.25) is 0 Å². The highest BCUT2D eigenvalue weighted by Gasteiger charge is 2.31. The van der Waals surface area contributed by atoms with Gasteiger partial charge in [0.2, 0.25) is 11.8 Å². The Morgan fingerprint density at radius 3 is 2.71 bits per heavy atom. The number of aromatic nitrogens is 3. The third kappa shape index (κ3) is 4.01. The Balaban J connectivity index is 0.00000289. The van der Waals surface area contributed by atoms with Crippen LogP contribution in [-0.2, 0) is 9.59 Å². The molecule has 0 aliphatic carbocycles. The molecule has 0 spiro atoms. The number of carbonyl (C=O) groups is 2. The summed E-state index contributed by atoms with van der Waals surface area (Å²) in [6.45, 7) is 10.7. The van der Waals surface area contributed by atoms with Gasteiger partial charge in [-0.1, -0.05) is 12.6 Å². The minimum Gasteiger partial charge on any atom is -0.352 e. The Bertz CT molecular complexity index is 1150. The molecule has 0 radical (unpaired) electrons. The highest BCUT2D eigenvalue weighted by Crippen LogP contribution is 2.30. The third-order valence-corrected chi connectivity index (χ3v) is 5.60. The second-order valence-corrected chi connectivity index (χ2v) is 7.93. The summed E-state index contributed by atoms with van der Waals surface area (Å²) < 4.78 is 0. The van der Waals surface area contributed by atoms with E-state index < -0.39 is 0 Å². The van der Waals surface area contributed by atoms with Gasteiger partial charge in [0.1, 0.15) is 11.5 Å². The number of nitrogens with one attached hydrogen (secondary N) is 2. The molecular formula is C23H28N6O2. The fourth-order valence-electron chi connectivity index (χ4n) is 4.36. The summed E-state index contributed by atoms with van der Waals surface area (Å²) in [6, 6.07) is 8.04. The van der Waals surface area contributed by atoms with E-state index >= 15 is 0 Å². The van der Waals surface area contributed by atoms with Gasteiger partial charge >= 0.3 is 0 Å². The summed E-state index contributed by atoms with van der Waals surface area (Å²) in [7, 11) is 0. The lowest BCUT2D eigenvalue weighted by atomic mass is 10.1. The van der Waals surface area contributed by atoms with E-state index in [0.717, 1.165) is 41.2 Å². The molecule has 3 aromatic heterocycles. The van der Waals surface area contributed by atoms with Crippen molar-refractivity contribution in [3.05, 3.63) is 49.3 Å². The van der Waals surface area contributed by atoms with E-state index in [1.165, 1.54) is 6.08 Å². The van der Waals surface area contributed by atoms with Gasteiger partial charge in [-0.05, 0) is 38.1 Å². The van der Waals surface area contributed by atoms with Crippen molar-refractivity contribution in [1.29, 1.82) is 0 Å². The molecule has 1 saturated heterocycles. The third-order valence-electron chi connectivity index (χ3n) is 5.60. The first-order chi connectivity index (χ1) is 14.9. The zero-order valence-corrected chi connectivity index (χ0v) is 17.9. The maximum absolute atomic E-state index is 12.0. The first kappa shape index (κ1) is 20.6. The van der Waals surface area contributed by atoms with Crippen LogP contribution in [0.4, 0.5) is 11.5 Å².